The van der Waals surface area contributed by atoms with Crippen LogP contribution < -0.4 is 0 Å². The average Bonchev–Trinajstić information content (AvgIpc) is 2.64. The third kappa shape index (κ3) is 3.18. The molecule has 0 spiro atoms. The predicted molar refractivity (Wildman–Crippen MR) is 67.4 cm³/mol. The maximum absolute atomic E-state index is 12.0. The molecule has 1 aromatic rings. The number of hydrogen-bond acceptors (Lipinski definition) is 4. The van der Waals surface area contributed by atoms with Crippen LogP contribution >= 0.6 is 0 Å². The maximum Gasteiger partial charge on any atom is 0.311 e. The number of rotatable bonds is 4. The molecule has 5 heteroatoms. The zero-order chi connectivity index (χ0) is 13.9. The van der Waals surface area contributed by atoms with Gasteiger partial charge in [-0.05, 0) is 40.2 Å². The Balaban J connectivity index is 2.67. The second kappa shape index (κ2) is 5.33. The van der Waals surface area contributed by atoms with E-state index in [1.807, 2.05) is 19.9 Å². The SMILES string of the molecule is COC(=O)C(C)(C)CCC(=O)n1nc(C)cc1C. The van der Waals surface area contributed by atoms with Gasteiger partial charge in [0.25, 0.3) is 0 Å². The first kappa shape index (κ1) is 14.4. The summed E-state index contributed by atoms with van der Waals surface area (Å²) in [5.74, 6) is -0.402. The number of aryl methyl sites for hydroxylation is 2. The van der Waals surface area contributed by atoms with Crippen LogP contribution in [0, 0.1) is 19.3 Å². The summed E-state index contributed by atoms with van der Waals surface area (Å²) in [6, 6.07) is 1.85. The van der Waals surface area contributed by atoms with Crippen molar-refractivity contribution >= 4 is 11.9 Å². The van der Waals surface area contributed by atoms with Crippen LogP contribution in [0.3, 0.4) is 0 Å². The molecule has 0 aromatic carbocycles. The van der Waals surface area contributed by atoms with Crippen molar-refractivity contribution in [1.29, 1.82) is 0 Å². The summed E-state index contributed by atoms with van der Waals surface area (Å²) in [5, 5.41) is 4.13. The lowest BCUT2D eigenvalue weighted by atomic mass is 9.88. The van der Waals surface area contributed by atoms with Gasteiger partial charge >= 0.3 is 5.97 Å². The number of carbonyl (C=O) groups excluding carboxylic acids is 2. The van der Waals surface area contributed by atoms with E-state index in [-0.39, 0.29) is 18.3 Å². The summed E-state index contributed by atoms with van der Waals surface area (Å²) in [5.41, 5.74) is 0.974. The van der Waals surface area contributed by atoms with Crippen LogP contribution in [0.15, 0.2) is 6.07 Å². The smallest absolute Gasteiger partial charge is 0.311 e. The van der Waals surface area contributed by atoms with E-state index >= 15 is 0 Å². The molecule has 0 atom stereocenters. The van der Waals surface area contributed by atoms with Crippen molar-refractivity contribution in [2.24, 2.45) is 5.41 Å². The fraction of sp³-hybridized carbons (Fsp3) is 0.615. The van der Waals surface area contributed by atoms with E-state index in [0.717, 1.165) is 11.4 Å². The Morgan fingerprint density at radius 2 is 2.00 bits per heavy atom. The van der Waals surface area contributed by atoms with Gasteiger partial charge in [0.2, 0.25) is 5.91 Å². The van der Waals surface area contributed by atoms with E-state index in [9.17, 15) is 9.59 Å². The van der Waals surface area contributed by atoms with Crippen molar-refractivity contribution in [3.8, 4) is 0 Å². The molecule has 0 aliphatic rings. The molecule has 0 amide bonds. The first-order chi connectivity index (χ1) is 8.27. The monoisotopic (exact) mass is 252 g/mol. The van der Waals surface area contributed by atoms with Crippen molar-refractivity contribution in [3.63, 3.8) is 0 Å². The van der Waals surface area contributed by atoms with Crippen molar-refractivity contribution in [2.45, 2.75) is 40.5 Å². The molecule has 0 fully saturated rings. The first-order valence-corrected chi connectivity index (χ1v) is 5.93. The topological polar surface area (TPSA) is 61.2 Å². The molecule has 1 aromatic heterocycles. The van der Waals surface area contributed by atoms with Crippen molar-refractivity contribution < 1.29 is 14.3 Å². The summed E-state index contributed by atoms with van der Waals surface area (Å²) >= 11 is 0. The molecule has 1 rings (SSSR count). The van der Waals surface area contributed by atoms with E-state index < -0.39 is 5.41 Å². The molecule has 100 valence electrons. The lowest BCUT2D eigenvalue weighted by Gasteiger charge is -2.20. The van der Waals surface area contributed by atoms with Gasteiger partial charge in [-0.1, -0.05) is 0 Å². The molecule has 0 radical (unpaired) electrons. The zero-order valence-corrected chi connectivity index (χ0v) is 11.6. The quantitative estimate of drug-likeness (QED) is 0.770. The Kier molecular flexibility index (Phi) is 4.27. The Morgan fingerprint density at radius 1 is 1.39 bits per heavy atom. The van der Waals surface area contributed by atoms with Crippen molar-refractivity contribution in [3.05, 3.63) is 17.5 Å². The highest BCUT2D eigenvalue weighted by Gasteiger charge is 2.29. The van der Waals surface area contributed by atoms with Crippen LogP contribution in [0.1, 0.15) is 42.9 Å². The fourth-order valence-electron chi connectivity index (χ4n) is 1.79. The van der Waals surface area contributed by atoms with Crippen LogP contribution in [-0.2, 0) is 9.53 Å². The Morgan fingerprint density at radius 3 is 2.44 bits per heavy atom. The van der Waals surface area contributed by atoms with E-state index in [1.165, 1.54) is 11.8 Å². The van der Waals surface area contributed by atoms with Gasteiger partial charge in [-0.25, -0.2) is 4.68 Å². The second-order valence-corrected chi connectivity index (χ2v) is 5.11. The lowest BCUT2D eigenvalue weighted by Crippen LogP contribution is -2.27. The third-order valence-corrected chi connectivity index (χ3v) is 2.95. The minimum atomic E-state index is -0.652. The number of hydrogen-bond donors (Lipinski definition) is 0. The minimum Gasteiger partial charge on any atom is -0.469 e. The van der Waals surface area contributed by atoms with Crippen molar-refractivity contribution in [2.75, 3.05) is 7.11 Å². The largest absolute Gasteiger partial charge is 0.469 e. The number of esters is 1. The molecular formula is C13H20N2O3. The maximum atomic E-state index is 12.0. The van der Waals surface area contributed by atoms with E-state index in [2.05, 4.69) is 5.10 Å². The van der Waals surface area contributed by atoms with Gasteiger partial charge in [0, 0.05) is 12.1 Å². The summed E-state index contributed by atoms with van der Waals surface area (Å²) in [4.78, 5) is 23.5. The van der Waals surface area contributed by atoms with Gasteiger partial charge in [-0.2, -0.15) is 5.10 Å². The highest BCUT2D eigenvalue weighted by Crippen LogP contribution is 2.24. The Hall–Kier alpha value is -1.65. The Labute approximate surface area is 107 Å². The zero-order valence-electron chi connectivity index (χ0n) is 11.6. The second-order valence-electron chi connectivity index (χ2n) is 5.11. The van der Waals surface area contributed by atoms with Gasteiger partial charge in [-0.15, -0.1) is 0 Å². The molecule has 0 aliphatic carbocycles. The van der Waals surface area contributed by atoms with Gasteiger partial charge in [0.15, 0.2) is 0 Å². The summed E-state index contributed by atoms with van der Waals surface area (Å²) in [6.07, 6.45) is 0.709. The normalized spacial score (nSPS) is 11.4. The number of nitrogens with zero attached hydrogens (tertiary/aromatic N) is 2. The van der Waals surface area contributed by atoms with Gasteiger partial charge < -0.3 is 4.74 Å². The third-order valence-electron chi connectivity index (χ3n) is 2.95. The van der Waals surface area contributed by atoms with Crippen LogP contribution in [0.5, 0.6) is 0 Å². The van der Waals surface area contributed by atoms with Gasteiger partial charge in [0.1, 0.15) is 0 Å². The molecule has 0 bridgehead atoms. The fourth-order valence-corrected chi connectivity index (χ4v) is 1.79. The van der Waals surface area contributed by atoms with Gasteiger partial charge in [0.05, 0.1) is 18.2 Å². The van der Waals surface area contributed by atoms with E-state index in [1.54, 1.807) is 13.8 Å². The highest BCUT2D eigenvalue weighted by molar-refractivity contribution is 5.81. The number of carbonyl (C=O) groups is 2. The van der Waals surface area contributed by atoms with Gasteiger partial charge in [-0.3, -0.25) is 9.59 Å². The van der Waals surface area contributed by atoms with Crippen LogP contribution in [0.4, 0.5) is 0 Å². The molecule has 1 heterocycles. The molecule has 18 heavy (non-hydrogen) atoms. The molecule has 0 saturated carbocycles. The number of methoxy groups -OCH3 is 1. The molecule has 5 nitrogen and oxygen atoms in total. The molecule has 0 unspecified atom stereocenters. The molecule has 0 N–H and O–H groups in total. The molecule has 0 aliphatic heterocycles. The summed E-state index contributed by atoms with van der Waals surface area (Å²) in [7, 11) is 1.35. The number of aromatic nitrogens is 2. The highest BCUT2D eigenvalue weighted by atomic mass is 16.5. The van der Waals surface area contributed by atoms with Crippen molar-refractivity contribution in [1.82, 2.24) is 9.78 Å². The summed E-state index contributed by atoms with van der Waals surface area (Å²) in [6.45, 7) is 7.22. The number of ether oxygens (including phenoxy) is 1. The molecule has 0 saturated heterocycles. The predicted octanol–water partition coefficient (Wildman–Crippen LogP) is 2.12. The van der Waals surface area contributed by atoms with E-state index in [4.69, 9.17) is 4.74 Å². The van der Waals surface area contributed by atoms with Crippen LogP contribution in [-0.4, -0.2) is 28.8 Å². The first-order valence-electron chi connectivity index (χ1n) is 5.93. The molecular weight excluding hydrogens is 232 g/mol. The average molecular weight is 252 g/mol. The Bertz CT molecular complexity index is 461. The van der Waals surface area contributed by atoms with Crippen LogP contribution in [0.25, 0.3) is 0 Å². The summed E-state index contributed by atoms with van der Waals surface area (Å²) < 4.78 is 6.10. The van der Waals surface area contributed by atoms with Crippen LogP contribution in [0.2, 0.25) is 0 Å². The standard InChI is InChI=1S/C13H20N2O3/c1-9-8-10(2)15(14-9)11(16)6-7-13(3,4)12(17)18-5/h8H,6-7H2,1-5H3. The van der Waals surface area contributed by atoms with E-state index in [0.29, 0.717) is 6.42 Å². The lowest BCUT2D eigenvalue weighted by molar-refractivity contribution is -0.151. The minimum absolute atomic E-state index is 0.0995.